The molecule has 1 aliphatic rings. The lowest BCUT2D eigenvalue weighted by Crippen LogP contribution is -2.14. The Labute approximate surface area is 128 Å². The van der Waals surface area contributed by atoms with Crippen molar-refractivity contribution in [1.29, 1.82) is 5.41 Å². The third-order valence-corrected chi connectivity index (χ3v) is 4.32. The summed E-state index contributed by atoms with van der Waals surface area (Å²) < 4.78 is 5.85. The standard InChI is InChI=1S/C16H17N3OS/c1-21-12-7-5-11(6-8-12)20-16-13(15(17)18)9-10-3-2-4-14(10)19-16/h5-9H,2-4H2,1H3,(H3,17,18). The van der Waals surface area contributed by atoms with Crippen LogP contribution in [0.1, 0.15) is 23.2 Å². The van der Waals surface area contributed by atoms with Crippen LogP contribution in [0.3, 0.4) is 0 Å². The highest BCUT2D eigenvalue weighted by Gasteiger charge is 2.19. The van der Waals surface area contributed by atoms with Gasteiger partial charge in [-0.2, -0.15) is 0 Å². The molecule has 0 unspecified atom stereocenters. The Morgan fingerprint density at radius 3 is 2.71 bits per heavy atom. The van der Waals surface area contributed by atoms with E-state index in [2.05, 4.69) is 4.98 Å². The fourth-order valence-electron chi connectivity index (χ4n) is 2.48. The van der Waals surface area contributed by atoms with Crippen LogP contribution in [0.5, 0.6) is 11.6 Å². The van der Waals surface area contributed by atoms with Crippen molar-refractivity contribution in [2.24, 2.45) is 5.73 Å². The lowest BCUT2D eigenvalue weighted by Gasteiger charge is -2.12. The van der Waals surface area contributed by atoms with E-state index in [-0.39, 0.29) is 5.84 Å². The van der Waals surface area contributed by atoms with Gasteiger partial charge >= 0.3 is 0 Å². The van der Waals surface area contributed by atoms with Crippen molar-refractivity contribution in [3.8, 4) is 11.6 Å². The normalized spacial score (nSPS) is 13.0. The van der Waals surface area contributed by atoms with E-state index in [9.17, 15) is 0 Å². The molecule has 0 radical (unpaired) electrons. The lowest BCUT2D eigenvalue weighted by atomic mass is 10.1. The first-order chi connectivity index (χ1) is 10.2. The van der Waals surface area contributed by atoms with Gasteiger partial charge in [0.05, 0.1) is 5.56 Å². The molecule has 21 heavy (non-hydrogen) atoms. The fourth-order valence-corrected chi connectivity index (χ4v) is 2.89. The molecule has 0 saturated heterocycles. The van der Waals surface area contributed by atoms with E-state index in [1.807, 2.05) is 36.6 Å². The second kappa shape index (κ2) is 5.77. The van der Waals surface area contributed by atoms with Gasteiger partial charge in [0.2, 0.25) is 5.88 Å². The van der Waals surface area contributed by atoms with Crippen LogP contribution in [0.2, 0.25) is 0 Å². The van der Waals surface area contributed by atoms with Gasteiger partial charge in [-0.25, -0.2) is 4.98 Å². The van der Waals surface area contributed by atoms with E-state index >= 15 is 0 Å². The Morgan fingerprint density at radius 1 is 1.29 bits per heavy atom. The Hall–Kier alpha value is -2.01. The number of nitrogens with one attached hydrogen (secondary N) is 1. The molecule has 5 heteroatoms. The maximum Gasteiger partial charge on any atom is 0.230 e. The van der Waals surface area contributed by atoms with Crippen LogP contribution < -0.4 is 10.5 Å². The molecule has 4 nitrogen and oxygen atoms in total. The van der Waals surface area contributed by atoms with Gasteiger partial charge in [-0.3, -0.25) is 5.41 Å². The van der Waals surface area contributed by atoms with Gasteiger partial charge < -0.3 is 10.5 Å². The Morgan fingerprint density at radius 2 is 2.05 bits per heavy atom. The summed E-state index contributed by atoms with van der Waals surface area (Å²) in [6.45, 7) is 0. The molecule has 1 heterocycles. The van der Waals surface area contributed by atoms with Crippen LogP contribution >= 0.6 is 11.8 Å². The minimum Gasteiger partial charge on any atom is -0.438 e. The average Bonchev–Trinajstić information content (AvgIpc) is 2.94. The zero-order valence-electron chi connectivity index (χ0n) is 11.8. The largest absolute Gasteiger partial charge is 0.438 e. The number of aromatic nitrogens is 1. The third kappa shape index (κ3) is 2.88. The number of hydrogen-bond donors (Lipinski definition) is 2. The van der Waals surface area contributed by atoms with Gasteiger partial charge in [-0.1, -0.05) is 0 Å². The van der Waals surface area contributed by atoms with Crippen molar-refractivity contribution in [2.45, 2.75) is 24.2 Å². The number of amidine groups is 1. The number of nitrogens with zero attached hydrogens (tertiary/aromatic N) is 1. The summed E-state index contributed by atoms with van der Waals surface area (Å²) in [5.41, 5.74) is 8.49. The summed E-state index contributed by atoms with van der Waals surface area (Å²) in [5, 5.41) is 7.72. The molecule has 0 spiro atoms. The first kappa shape index (κ1) is 13.9. The van der Waals surface area contributed by atoms with E-state index in [1.165, 1.54) is 10.5 Å². The predicted molar refractivity (Wildman–Crippen MR) is 85.6 cm³/mol. The molecule has 3 rings (SSSR count). The zero-order chi connectivity index (χ0) is 14.8. The van der Waals surface area contributed by atoms with Crippen molar-refractivity contribution >= 4 is 17.6 Å². The first-order valence-corrected chi connectivity index (χ1v) is 8.09. The molecule has 0 bridgehead atoms. The molecule has 2 aromatic rings. The number of thioether (sulfide) groups is 1. The summed E-state index contributed by atoms with van der Waals surface area (Å²) in [6, 6.07) is 9.76. The van der Waals surface area contributed by atoms with Gasteiger partial charge in [-0.05, 0) is 61.4 Å². The number of nitrogens with two attached hydrogens (primary N) is 1. The summed E-state index contributed by atoms with van der Waals surface area (Å²) in [6.07, 6.45) is 5.11. The summed E-state index contributed by atoms with van der Waals surface area (Å²) in [7, 11) is 0. The molecule has 1 aromatic carbocycles. The van der Waals surface area contributed by atoms with Gasteiger partial charge in [0.15, 0.2) is 0 Å². The van der Waals surface area contributed by atoms with Crippen LogP contribution in [0.25, 0.3) is 0 Å². The van der Waals surface area contributed by atoms with Gasteiger partial charge in [0, 0.05) is 10.6 Å². The molecule has 0 fully saturated rings. The number of aryl methyl sites for hydroxylation is 2. The number of fused-ring (bicyclic) bond motifs is 1. The minimum atomic E-state index is -0.00654. The average molecular weight is 299 g/mol. The minimum absolute atomic E-state index is 0.00654. The van der Waals surface area contributed by atoms with Crippen LogP contribution in [0.15, 0.2) is 35.2 Å². The van der Waals surface area contributed by atoms with E-state index in [0.29, 0.717) is 17.2 Å². The smallest absolute Gasteiger partial charge is 0.230 e. The number of rotatable bonds is 4. The second-order valence-corrected chi connectivity index (χ2v) is 5.87. The molecule has 3 N–H and O–H groups in total. The molecule has 1 aromatic heterocycles. The van der Waals surface area contributed by atoms with Gasteiger partial charge in [0.25, 0.3) is 0 Å². The van der Waals surface area contributed by atoms with Crippen molar-refractivity contribution in [2.75, 3.05) is 6.26 Å². The van der Waals surface area contributed by atoms with Crippen LogP contribution in [-0.4, -0.2) is 17.1 Å². The number of benzene rings is 1. The first-order valence-electron chi connectivity index (χ1n) is 6.86. The van der Waals surface area contributed by atoms with Crippen LogP contribution in [0, 0.1) is 5.41 Å². The van der Waals surface area contributed by atoms with Crippen LogP contribution in [0.4, 0.5) is 0 Å². The highest BCUT2D eigenvalue weighted by Crippen LogP contribution is 2.30. The molecule has 108 valence electrons. The van der Waals surface area contributed by atoms with Crippen molar-refractivity contribution in [3.05, 3.63) is 47.2 Å². The topological polar surface area (TPSA) is 72.0 Å². The highest BCUT2D eigenvalue weighted by molar-refractivity contribution is 7.98. The molecule has 0 saturated carbocycles. The van der Waals surface area contributed by atoms with E-state index in [0.717, 1.165) is 25.0 Å². The quantitative estimate of drug-likeness (QED) is 0.516. The maximum atomic E-state index is 7.72. The van der Waals surface area contributed by atoms with Crippen molar-refractivity contribution in [3.63, 3.8) is 0 Å². The molecular weight excluding hydrogens is 282 g/mol. The molecule has 0 amide bonds. The predicted octanol–water partition coefficient (Wildman–Crippen LogP) is 3.37. The van der Waals surface area contributed by atoms with Crippen LogP contribution in [-0.2, 0) is 12.8 Å². The third-order valence-electron chi connectivity index (χ3n) is 3.58. The highest BCUT2D eigenvalue weighted by atomic mass is 32.2. The van der Waals surface area contributed by atoms with Gasteiger partial charge in [-0.15, -0.1) is 11.8 Å². The summed E-state index contributed by atoms with van der Waals surface area (Å²) in [4.78, 5) is 5.74. The van der Waals surface area contributed by atoms with Crippen molar-refractivity contribution in [1.82, 2.24) is 4.98 Å². The Balaban J connectivity index is 1.94. The van der Waals surface area contributed by atoms with Crippen molar-refractivity contribution < 1.29 is 4.74 Å². The van der Waals surface area contributed by atoms with E-state index in [1.54, 1.807) is 11.8 Å². The van der Waals surface area contributed by atoms with E-state index < -0.39 is 0 Å². The number of hydrogen-bond acceptors (Lipinski definition) is 4. The number of ether oxygens (including phenoxy) is 1. The molecule has 1 aliphatic carbocycles. The fraction of sp³-hybridized carbons (Fsp3) is 0.250. The monoisotopic (exact) mass is 299 g/mol. The molecule has 0 atom stereocenters. The molecule has 0 aliphatic heterocycles. The Bertz CT molecular complexity index is 683. The SMILES string of the molecule is CSc1ccc(Oc2nc3c(cc2C(=N)N)CCC3)cc1. The summed E-state index contributed by atoms with van der Waals surface area (Å²) in [5.74, 6) is 1.13. The molecular formula is C16H17N3OS. The van der Waals surface area contributed by atoms with E-state index in [4.69, 9.17) is 15.9 Å². The van der Waals surface area contributed by atoms with Gasteiger partial charge in [0.1, 0.15) is 11.6 Å². The number of pyridine rings is 1. The zero-order valence-corrected chi connectivity index (χ0v) is 12.7. The lowest BCUT2D eigenvalue weighted by molar-refractivity contribution is 0.459. The Kier molecular flexibility index (Phi) is 3.84. The summed E-state index contributed by atoms with van der Waals surface area (Å²) >= 11 is 1.68. The maximum absolute atomic E-state index is 7.72. The second-order valence-electron chi connectivity index (χ2n) is 4.99. The number of nitrogen functional groups attached to an aromatic ring is 1.